The third kappa shape index (κ3) is 6.61. The zero-order valence-corrected chi connectivity index (χ0v) is 18.1. The second-order valence-corrected chi connectivity index (χ2v) is 9.65. The van der Waals surface area contributed by atoms with Crippen molar-refractivity contribution < 1.29 is 0 Å². The number of rotatable bonds is 9. The molecule has 0 amide bonds. The van der Waals surface area contributed by atoms with Crippen LogP contribution in [0.1, 0.15) is 109 Å². The van der Waals surface area contributed by atoms with E-state index in [1.54, 1.807) is 0 Å². The maximum atomic E-state index is 4.70. The molecule has 0 N–H and O–H groups in total. The number of aromatic nitrogens is 1. The zero-order valence-electron chi connectivity index (χ0n) is 18.1. The average molecular weight is 370 g/mol. The molecule has 2 saturated carbocycles. The summed E-state index contributed by atoms with van der Waals surface area (Å²) in [6, 6.07) is 4.56. The quantitative estimate of drug-likeness (QED) is 0.433. The smallest absolute Gasteiger partial charge is 0.0403 e. The normalized spacial score (nSPS) is 29.0. The van der Waals surface area contributed by atoms with Gasteiger partial charge in [0.25, 0.3) is 0 Å². The predicted molar refractivity (Wildman–Crippen MR) is 117 cm³/mol. The van der Waals surface area contributed by atoms with Gasteiger partial charge in [-0.3, -0.25) is 4.98 Å². The van der Waals surface area contributed by atoms with Crippen LogP contribution < -0.4 is 0 Å². The summed E-state index contributed by atoms with van der Waals surface area (Å²) in [5.41, 5.74) is 2.70. The van der Waals surface area contributed by atoms with Crippen molar-refractivity contribution in [3.05, 3.63) is 29.6 Å². The third-order valence-electron chi connectivity index (χ3n) is 7.65. The van der Waals surface area contributed by atoms with E-state index in [1.807, 2.05) is 0 Å². The summed E-state index contributed by atoms with van der Waals surface area (Å²) in [6.45, 7) is 4.57. The van der Waals surface area contributed by atoms with Crippen LogP contribution in [-0.2, 0) is 12.8 Å². The van der Waals surface area contributed by atoms with Crippen molar-refractivity contribution in [2.45, 2.75) is 110 Å². The highest BCUT2D eigenvalue weighted by Crippen LogP contribution is 2.43. The molecule has 0 radical (unpaired) electrons. The average Bonchev–Trinajstić information content (AvgIpc) is 2.73. The summed E-state index contributed by atoms with van der Waals surface area (Å²) in [5, 5.41) is 0. The Balaban J connectivity index is 1.33. The lowest BCUT2D eigenvalue weighted by Gasteiger charge is -2.38. The van der Waals surface area contributed by atoms with Crippen LogP contribution in [0.25, 0.3) is 0 Å². The highest BCUT2D eigenvalue weighted by molar-refractivity contribution is 5.14. The lowest BCUT2D eigenvalue weighted by Crippen LogP contribution is -2.26. The molecule has 0 spiro atoms. The van der Waals surface area contributed by atoms with Gasteiger partial charge in [-0.1, -0.05) is 71.3 Å². The first-order valence-electron chi connectivity index (χ1n) is 12.2. The zero-order chi connectivity index (χ0) is 18.9. The van der Waals surface area contributed by atoms with Crippen LogP contribution >= 0.6 is 0 Å². The molecule has 1 aromatic rings. The Hall–Kier alpha value is -0.850. The van der Waals surface area contributed by atoms with E-state index in [9.17, 15) is 0 Å². The Morgan fingerprint density at radius 2 is 1.37 bits per heavy atom. The van der Waals surface area contributed by atoms with Crippen LogP contribution in [0.2, 0.25) is 0 Å². The SMILES string of the molecule is CCCC[C@H]1CC[C@H]([C@H]2CC[C@H](CCc3ccc(CCC)cn3)CC2)CC1. The molecule has 2 aliphatic carbocycles. The van der Waals surface area contributed by atoms with Gasteiger partial charge in [0.2, 0.25) is 0 Å². The molecule has 0 bridgehead atoms. The Bertz CT molecular complexity index is 504. The largest absolute Gasteiger partial charge is 0.261 e. The van der Waals surface area contributed by atoms with E-state index in [4.69, 9.17) is 4.98 Å². The van der Waals surface area contributed by atoms with Gasteiger partial charge in [-0.2, -0.15) is 0 Å². The second-order valence-electron chi connectivity index (χ2n) is 9.65. The lowest BCUT2D eigenvalue weighted by atomic mass is 9.68. The van der Waals surface area contributed by atoms with Gasteiger partial charge in [-0.05, 0) is 80.2 Å². The van der Waals surface area contributed by atoms with Gasteiger partial charge in [0.1, 0.15) is 0 Å². The maximum Gasteiger partial charge on any atom is 0.0403 e. The van der Waals surface area contributed by atoms with Gasteiger partial charge in [0, 0.05) is 11.9 Å². The predicted octanol–water partition coefficient (Wildman–Crippen LogP) is 7.77. The summed E-state index contributed by atoms with van der Waals surface area (Å²) in [5.74, 6) is 4.14. The van der Waals surface area contributed by atoms with Crippen molar-refractivity contribution in [2.75, 3.05) is 0 Å². The molecule has 27 heavy (non-hydrogen) atoms. The molecule has 1 nitrogen and oxygen atoms in total. The standard InChI is InChI=1S/C26H43N/c1-3-5-7-21-8-14-24(15-9-21)25-16-10-22(11-17-25)12-18-26-19-13-23(6-4-2)20-27-26/h13,19-22,24-25H,3-12,14-18H2,1-2H3/t21-,22-,24-,25-. The molecule has 1 aromatic heterocycles. The van der Waals surface area contributed by atoms with Crippen molar-refractivity contribution in [1.82, 2.24) is 4.98 Å². The molecular weight excluding hydrogens is 326 g/mol. The number of aryl methyl sites for hydroxylation is 2. The Kier molecular flexibility index (Phi) is 8.68. The van der Waals surface area contributed by atoms with Crippen LogP contribution in [-0.4, -0.2) is 4.98 Å². The summed E-state index contributed by atoms with van der Waals surface area (Å²) in [6.07, 6.45) is 23.5. The lowest BCUT2D eigenvalue weighted by molar-refractivity contribution is 0.140. The second kappa shape index (κ2) is 11.2. The van der Waals surface area contributed by atoms with E-state index >= 15 is 0 Å². The minimum atomic E-state index is 0.958. The fourth-order valence-electron chi connectivity index (χ4n) is 5.78. The fourth-order valence-corrected chi connectivity index (χ4v) is 5.78. The van der Waals surface area contributed by atoms with Gasteiger partial charge in [0.05, 0.1) is 0 Å². The van der Waals surface area contributed by atoms with Crippen LogP contribution in [0.3, 0.4) is 0 Å². The van der Waals surface area contributed by atoms with Crippen LogP contribution in [0.4, 0.5) is 0 Å². The van der Waals surface area contributed by atoms with Crippen molar-refractivity contribution >= 4 is 0 Å². The number of unbranched alkanes of at least 4 members (excludes halogenated alkanes) is 1. The van der Waals surface area contributed by atoms with Crippen LogP contribution in [0, 0.1) is 23.7 Å². The first-order chi connectivity index (χ1) is 13.3. The molecule has 0 aromatic carbocycles. The minimum Gasteiger partial charge on any atom is -0.261 e. The minimum absolute atomic E-state index is 0.958. The highest BCUT2D eigenvalue weighted by Gasteiger charge is 2.30. The first kappa shape index (κ1) is 20.9. The molecule has 1 heterocycles. The summed E-state index contributed by atoms with van der Waals surface area (Å²) in [4.78, 5) is 4.70. The fraction of sp³-hybridized carbons (Fsp3) is 0.808. The molecular formula is C26H43N. The Morgan fingerprint density at radius 3 is 1.89 bits per heavy atom. The number of hydrogen-bond acceptors (Lipinski definition) is 1. The third-order valence-corrected chi connectivity index (χ3v) is 7.65. The molecule has 0 atom stereocenters. The van der Waals surface area contributed by atoms with Gasteiger partial charge < -0.3 is 0 Å². The molecule has 152 valence electrons. The maximum absolute atomic E-state index is 4.70. The van der Waals surface area contributed by atoms with Gasteiger partial charge in [-0.15, -0.1) is 0 Å². The van der Waals surface area contributed by atoms with E-state index < -0.39 is 0 Å². The van der Waals surface area contributed by atoms with Gasteiger partial charge >= 0.3 is 0 Å². The number of hydrogen-bond donors (Lipinski definition) is 0. The van der Waals surface area contributed by atoms with E-state index in [-0.39, 0.29) is 0 Å². The van der Waals surface area contributed by atoms with E-state index in [2.05, 4.69) is 32.2 Å². The number of pyridine rings is 1. The van der Waals surface area contributed by atoms with E-state index in [0.29, 0.717) is 0 Å². The monoisotopic (exact) mass is 369 g/mol. The van der Waals surface area contributed by atoms with E-state index in [1.165, 1.54) is 101 Å². The Labute approximate surface area is 168 Å². The van der Waals surface area contributed by atoms with E-state index in [0.717, 1.165) is 30.1 Å². The molecule has 0 aliphatic heterocycles. The number of nitrogens with zero attached hydrogens (tertiary/aromatic N) is 1. The highest BCUT2D eigenvalue weighted by atomic mass is 14.7. The summed E-state index contributed by atoms with van der Waals surface area (Å²) in [7, 11) is 0. The van der Waals surface area contributed by atoms with Crippen molar-refractivity contribution in [3.63, 3.8) is 0 Å². The topological polar surface area (TPSA) is 12.9 Å². The molecule has 3 rings (SSSR count). The van der Waals surface area contributed by atoms with Crippen molar-refractivity contribution in [1.29, 1.82) is 0 Å². The first-order valence-corrected chi connectivity index (χ1v) is 12.2. The summed E-state index contributed by atoms with van der Waals surface area (Å²) >= 11 is 0. The molecule has 2 aliphatic rings. The Morgan fingerprint density at radius 1 is 0.741 bits per heavy atom. The molecule has 0 unspecified atom stereocenters. The van der Waals surface area contributed by atoms with Crippen LogP contribution in [0.15, 0.2) is 18.3 Å². The summed E-state index contributed by atoms with van der Waals surface area (Å²) < 4.78 is 0. The van der Waals surface area contributed by atoms with Crippen LogP contribution in [0.5, 0.6) is 0 Å². The van der Waals surface area contributed by atoms with Gasteiger partial charge in [0.15, 0.2) is 0 Å². The van der Waals surface area contributed by atoms with Gasteiger partial charge in [-0.25, -0.2) is 0 Å². The molecule has 2 fully saturated rings. The van der Waals surface area contributed by atoms with Crippen molar-refractivity contribution in [3.8, 4) is 0 Å². The van der Waals surface area contributed by atoms with Crippen molar-refractivity contribution in [2.24, 2.45) is 23.7 Å². The molecule has 0 saturated heterocycles. The molecule has 1 heteroatoms.